The molecule has 2 aromatic carbocycles. The fraction of sp³-hybridized carbons (Fsp3) is 0.100. The van der Waals surface area contributed by atoms with Gasteiger partial charge in [0.05, 0.1) is 11.6 Å². The number of aliphatic hydroxyl groups is 1. The number of aliphatic hydroxyl groups excluding tert-OH is 1. The smallest absolute Gasteiger partial charge is 0.301 e. The predicted molar refractivity (Wildman–Crippen MR) is 107 cm³/mol. The van der Waals surface area contributed by atoms with Crippen molar-refractivity contribution in [3.63, 3.8) is 0 Å². The Morgan fingerprint density at radius 2 is 1.75 bits per heavy atom. The van der Waals surface area contributed by atoms with Crippen LogP contribution < -0.4 is 4.90 Å². The average molecular weight is 412 g/mol. The number of benzene rings is 2. The van der Waals surface area contributed by atoms with Gasteiger partial charge in [-0.3, -0.25) is 14.5 Å². The molecule has 1 atom stereocenters. The van der Waals surface area contributed by atoms with Crippen molar-refractivity contribution in [3.8, 4) is 0 Å². The average Bonchev–Trinajstić information content (AvgIpc) is 3.24. The van der Waals surface area contributed by atoms with E-state index in [1.165, 1.54) is 16.2 Å². The molecule has 1 saturated heterocycles. The molecule has 3 aromatic rings. The summed E-state index contributed by atoms with van der Waals surface area (Å²) < 4.78 is 0. The van der Waals surface area contributed by atoms with Gasteiger partial charge in [-0.25, -0.2) is 0 Å². The van der Waals surface area contributed by atoms with Crippen LogP contribution in [-0.4, -0.2) is 27.0 Å². The second kappa shape index (κ2) is 7.18. The molecule has 1 N–H and O–H groups in total. The van der Waals surface area contributed by atoms with Gasteiger partial charge in [-0.1, -0.05) is 65.4 Å². The van der Waals surface area contributed by atoms with Crippen molar-refractivity contribution in [2.45, 2.75) is 13.0 Å². The van der Waals surface area contributed by atoms with E-state index in [1.54, 1.807) is 61.5 Å². The predicted octanol–water partition coefficient (Wildman–Crippen LogP) is 4.13. The lowest BCUT2D eigenvalue weighted by molar-refractivity contribution is -0.132. The first kappa shape index (κ1) is 18.3. The Morgan fingerprint density at radius 1 is 1.07 bits per heavy atom. The third-order valence-corrected chi connectivity index (χ3v) is 5.49. The molecule has 1 aliphatic rings. The zero-order chi connectivity index (χ0) is 19.8. The number of Topliss-reactive ketones (excluding diaryl/α,β-unsaturated/α-hetero) is 1. The molecule has 1 amide bonds. The zero-order valence-corrected chi connectivity index (χ0v) is 16.2. The maximum atomic E-state index is 12.9. The van der Waals surface area contributed by atoms with Crippen LogP contribution in [0.4, 0.5) is 5.13 Å². The van der Waals surface area contributed by atoms with Gasteiger partial charge in [0.15, 0.2) is 0 Å². The number of hydrogen-bond donors (Lipinski definition) is 1. The molecule has 1 fully saturated rings. The fourth-order valence-electron chi connectivity index (χ4n) is 3.13. The van der Waals surface area contributed by atoms with E-state index in [-0.39, 0.29) is 11.3 Å². The molecular formula is C20H14ClN3O3S. The van der Waals surface area contributed by atoms with Crippen LogP contribution >= 0.6 is 22.9 Å². The third kappa shape index (κ3) is 3.08. The standard InChI is InChI=1S/C20H14ClN3O3S/c1-11-22-23-20(28-11)24-16(12-7-9-14(21)10-8-12)15(18(26)19(24)27)17(25)13-5-3-2-4-6-13/h2-10,16,25H,1H3/t16-/m1/s1. The molecule has 6 nitrogen and oxygen atoms in total. The molecule has 140 valence electrons. The SMILES string of the molecule is Cc1nnc(N2C(=O)C(=O)C(=C(O)c3ccccc3)[C@H]2c2ccc(Cl)cc2)s1. The van der Waals surface area contributed by atoms with Gasteiger partial charge in [0.1, 0.15) is 10.8 Å². The van der Waals surface area contributed by atoms with Crippen LogP contribution in [0.1, 0.15) is 22.2 Å². The summed E-state index contributed by atoms with van der Waals surface area (Å²) in [6.45, 7) is 1.76. The van der Waals surface area contributed by atoms with Gasteiger partial charge >= 0.3 is 5.91 Å². The summed E-state index contributed by atoms with van der Waals surface area (Å²) in [4.78, 5) is 27.0. The summed E-state index contributed by atoms with van der Waals surface area (Å²) in [7, 11) is 0. The molecule has 8 heteroatoms. The number of hydrogen-bond acceptors (Lipinski definition) is 6. The normalized spacial score (nSPS) is 18.6. The van der Waals surface area contributed by atoms with E-state index in [0.29, 0.717) is 26.3 Å². The minimum atomic E-state index is -0.829. The van der Waals surface area contributed by atoms with Gasteiger partial charge in [-0.15, -0.1) is 10.2 Å². The van der Waals surface area contributed by atoms with E-state index in [4.69, 9.17) is 11.6 Å². The van der Waals surface area contributed by atoms with E-state index in [9.17, 15) is 14.7 Å². The Balaban J connectivity index is 1.94. The molecule has 28 heavy (non-hydrogen) atoms. The van der Waals surface area contributed by atoms with Crippen LogP contribution in [0, 0.1) is 6.92 Å². The quantitative estimate of drug-likeness (QED) is 0.398. The first-order chi connectivity index (χ1) is 13.5. The third-order valence-electron chi connectivity index (χ3n) is 4.40. The molecule has 0 unspecified atom stereocenters. The van der Waals surface area contributed by atoms with Crippen LogP contribution in [0.2, 0.25) is 5.02 Å². The first-order valence-corrected chi connectivity index (χ1v) is 9.59. The van der Waals surface area contributed by atoms with Gasteiger partial charge < -0.3 is 5.11 Å². The Kier molecular flexibility index (Phi) is 4.70. The lowest BCUT2D eigenvalue weighted by Gasteiger charge is -2.22. The van der Waals surface area contributed by atoms with Gasteiger partial charge in [-0.2, -0.15) is 0 Å². The zero-order valence-electron chi connectivity index (χ0n) is 14.7. The summed E-state index contributed by atoms with van der Waals surface area (Å²) in [5, 5.41) is 20.4. The van der Waals surface area contributed by atoms with Crippen molar-refractivity contribution in [1.29, 1.82) is 0 Å². The highest BCUT2D eigenvalue weighted by molar-refractivity contribution is 7.15. The molecular weight excluding hydrogens is 398 g/mol. The molecule has 1 aromatic heterocycles. The number of anilines is 1. The molecule has 1 aliphatic heterocycles. The van der Waals surface area contributed by atoms with Gasteiger partial charge in [0.2, 0.25) is 5.13 Å². The Morgan fingerprint density at radius 3 is 2.36 bits per heavy atom. The summed E-state index contributed by atoms with van der Waals surface area (Å²) in [6.07, 6.45) is 0. The van der Waals surface area contributed by atoms with E-state index < -0.39 is 17.7 Å². The van der Waals surface area contributed by atoms with E-state index in [1.807, 2.05) is 0 Å². The lowest BCUT2D eigenvalue weighted by atomic mass is 9.95. The lowest BCUT2D eigenvalue weighted by Crippen LogP contribution is -2.29. The van der Waals surface area contributed by atoms with Crippen LogP contribution in [0.5, 0.6) is 0 Å². The van der Waals surface area contributed by atoms with Crippen molar-refractivity contribution < 1.29 is 14.7 Å². The highest BCUT2D eigenvalue weighted by Gasteiger charge is 2.48. The van der Waals surface area contributed by atoms with Crippen molar-refractivity contribution in [2.75, 3.05) is 4.90 Å². The van der Waals surface area contributed by atoms with Crippen molar-refractivity contribution in [1.82, 2.24) is 10.2 Å². The van der Waals surface area contributed by atoms with E-state index >= 15 is 0 Å². The van der Waals surface area contributed by atoms with Gasteiger partial charge in [-0.05, 0) is 24.6 Å². The van der Waals surface area contributed by atoms with Crippen molar-refractivity contribution in [3.05, 3.63) is 81.3 Å². The van der Waals surface area contributed by atoms with Gasteiger partial charge in [0, 0.05) is 10.6 Å². The summed E-state index contributed by atoms with van der Waals surface area (Å²) in [6, 6.07) is 14.6. The second-order valence-electron chi connectivity index (χ2n) is 6.19. The summed E-state index contributed by atoms with van der Waals surface area (Å²) in [5.74, 6) is -1.76. The number of aryl methyl sites for hydroxylation is 1. The monoisotopic (exact) mass is 411 g/mol. The number of amides is 1. The largest absolute Gasteiger partial charge is 0.507 e. The maximum absolute atomic E-state index is 12.9. The van der Waals surface area contributed by atoms with Crippen LogP contribution in [0.3, 0.4) is 0 Å². The van der Waals surface area contributed by atoms with Crippen LogP contribution in [0.25, 0.3) is 5.76 Å². The Labute approximate surface area is 169 Å². The van der Waals surface area contributed by atoms with Gasteiger partial charge in [0.25, 0.3) is 5.78 Å². The van der Waals surface area contributed by atoms with Crippen molar-refractivity contribution in [2.24, 2.45) is 0 Å². The number of nitrogens with zero attached hydrogens (tertiary/aromatic N) is 3. The highest BCUT2D eigenvalue weighted by Crippen LogP contribution is 2.43. The number of rotatable bonds is 3. The molecule has 4 rings (SSSR count). The number of carbonyl (C=O) groups excluding carboxylic acids is 2. The van der Waals surface area contributed by atoms with E-state index in [2.05, 4.69) is 10.2 Å². The Hall–Kier alpha value is -3.03. The number of carbonyl (C=O) groups is 2. The highest BCUT2D eigenvalue weighted by atomic mass is 35.5. The minimum Gasteiger partial charge on any atom is -0.507 e. The molecule has 2 heterocycles. The Bertz CT molecular complexity index is 1090. The second-order valence-corrected chi connectivity index (χ2v) is 7.79. The molecule has 0 spiro atoms. The molecule has 0 bridgehead atoms. The first-order valence-electron chi connectivity index (χ1n) is 8.39. The van der Waals surface area contributed by atoms with E-state index in [0.717, 1.165) is 0 Å². The molecule has 0 saturated carbocycles. The summed E-state index contributed by atoms with van der Waals surface area (Å²) >= 11 is 7.20. The van der Waals surface area contributed by atoms with Crippen molar-refractivity contribution >= 4 is 45.5 Å². The van der Waals surface area contributed by atoms with Crippen LogP contribution in [-0.2, 0) is 9.59 Å². The maximum Gasteiger partial charge on any atom is 0.301 e. The number of halogens is 1. The molecule has 0 radical (unpaired) electrons. The minimum absolute atomic E-state index is 0.00590. The number of aromatic nitrogens is 2. The van der Waals surface area contributed by atoms with Crippen LogP contribution in [0.15, 0.2) is 60.2 Å². The summed E-state index contributed by atoms with van der Waals surface area (Å²) in [5.41, 5.74) is 1.09. The topological polar surface area (TPSA) is 83.4 Å². The fourth-order valence-corrected chi connectivity index (χ4v) is 3.97. The number of ketones is 1. The molecule has 0 aliphatic carbocycles.